The molecule has 2 rings (SSSR count). The lowest BCUT2D eigenvalue weighted by atomic mass is 10.1. The van der Waals surface area contributed by atoms with Gasteiger partial charge in [-0.25, -0.2) is 4.85 Å². The Morgan fingerprint density at radius 2 is 1.78 bits per heavy atom. The third-order valence-electron chi connectivity index (χ3n) is 2.58. The summed E-state index contributed by atoms with van der Waals surface area (Å²) in [4.78, 5) is 14.1. The largest absolute Gasteiger partial charge is 0.457 e. The van der Waals surface area contributed by atoms with Gasteiger partial charge in [-0.2, -0.15) is 0 Å². The lowest BCUT2D eigenvalue weighted by Crippen LogP contribution is -1.89. The third-order valence-corrected chi connectivity index (χ3v) is 2.58. The van der Waals surface area contributed by atoms with Gasteiger partial charge >= 0.3 is 0 Å². The minimum Gasteiger partial charge on any atom is -0.457 e. The topological polar surface area (TPSA) is 30.7 Å². The Morgan fingerprint density at radius 1 is 1.11 bits per heavy atom. The Kier molecular flexibility index (Phi) is 3.40. The molecule has 0 aliphatic rings. The number of benzene rings is 2. The number of nitrogens with zero attached hydrogens (tertiary/aromatic N) is 1. The smallest absolute Gasteiger partial charge is 0.187 e. The van der Waals surface area contributed by atoms with E-state index in [0.29, 0.717) is 22.7 Å². The summed E-state index contributed by atoms with van der Waals surface area (Å²) in [5, 5.41) is 0. The fourth-order valence-electron chi connectivity index (χ4n) is 1.53. The van der Waals surface area contributed by atoms with Gasteiger partial charge in [-0.15, -0.1) is 0 Å². The molecule has 3 heteroatoms. The van der Waals surface area contributed by atoms with Crippen LogP contribution in [0.15, 0.2) is 42.5 Å². The van der Waals surface area contributed by atoms with Gasteiger partial charge in [0.1, 0.15) is 17.8 Å². The maximum atomic E-state index is 10.8. The summed E-state index contributed by atoms with van der Waals surface area (Å²) in [6, 6.07) is 12.2. The minimum absolute atomic E-state index is 0.569. The van der Waals surface area contributed by atoms with Crippen molar-refractivity contribution in [1.82, 2.24) is 0 Å². The molecule has 0 atom stereocenters. The van der Waals surface area contributed by atoms with Gasteiger partial charge in [-0.1, -0.05) is 18.2 Å². The molecular formula is C15H11NO2. The highest BCUT2D eigenvalue weighted by molar-refractivity contribution is 5.78. The van der Waals surface area contributed by atoms with Crippen LogP contribution in [-0.2, 0) is 0 Å². The molecule has 0 saturated heterocycles. The highest BCUT2D eigenvalue weighted by Gasteiger charge is 2.02. The van der Waals surface area contributed by atoms with Crippen LogP contribution in [0.2, 0.25) is 0 Å². The monoisotopic (exact) mass is 237 g/mol. The molecule has 0 N–H and O–H groups in total. The van der Waals surface area contributed by atoms with E-state index in [1.807, 2.05) is 19.1 Å². The summed E-state index contributed by atoms with van der Waals surface area (Å²) in [7, 11) is 0. The number of rotatable bonds is 3. The standard InChI is InChI=1S/C15H11NO2/c1-11-3-6-15(9-12(11)10-17)18-14-7-4-13(16-2)5-8-14/h3-10H,1H3. The number of carbonyl (C=O) groups is 1. The quantitative estimate of drug-likeness (QED) is 0.593. The van der Waals surface area contributed by atoms with Crippen LogP contribution in [0.4, 0.5) is 5.69 Å². The normalized spacial score (nSPS) is 9.56. The highest BCUT2D eigenvalue weighted by Crippen LogP contribution is 2.25. The SMILES string of the molecule is [C-]#[N+]c1ccc(Oc2ccc(C)c(C=O)c2)cc1. The first-order valence-corrected chi connectivity index (χ1v) is 5.44. The predicted molar refractivity (Wildman–Crippen MR) is 69.3 cm³/mol. The summed E-state index contributed by atoms with van der Waals surface area (Å²) in [6.07, 6.45) is 0.810. The average Bonchev–Trinajstić information content (AvgIpc) is 2.42. The summed E-state index contributed by atoms with van der Waals surface area (Å²) < 4.78 is 5.61. The molecule has 0 fully saturated rings. The van der Waals surface area contributed by atoms with Crippen molar-refractivity contribution in [2.45, 2.75) is 6.92 Å². The Balaban J connectivity index is 2.23. The van der Waals surface area contributed by atoms with Gasteiger partial charge in [0.25, 0.3) is 0 Å². The molecule has 0 aliphatic heterocycles. The second-order valence-corrected chi connectivity index (χ2v) is 3.84. The summed E-state index contributed by atoms with van der Waals surface area (Å²) in [6.45, 7) is 8.73. The third kappa shape index (κ3) is 2.55. The van der Waals surface area contributed by atoms with Crippen LogP contribution in [0.5, 0.6) is 11.5 Å². The van der Waals surface area contributed by atoms with Gasteiger partial charge in [-0.05, 0) is 36.8 Å². The molecule has 0 aromatic heterocycles. The van der Waals surface area contributed by atoms with Crippen molar-refractivity contribution in [3.05, 3.63) is 65.0 Å². The molecule has 2 aromatic carbocycles. The summed E-state index contributed by atoms with van der Waals surface area (Å²) >= 11 is 0. The molecule has 0 heterocycles. The van der Waals surface area contributed by atoms with Gasteiger partial charge in [0.05, 0.1) is 6.57 Å². The Labute approximate surface area is 105 Å². The summed E-state index contributed by atoms with van der Waals surface area (Å²) in [5.41, 5.74) is 2.10. The fraction of sp³-hybridized carbons (Fsp3) is 0.0667. The molecule has 0 amide bonds. The molecule has 88 valence electrons. The first-order valence-electron chi connectivity index (χ1n) is 5.44. The lowest BCUT2D eigenvalue weighted by Gasteiger charge is -2.07. The molecule has 2 aromatic rings. The van der Waals surface area contributed by atoms with Crippen molar-refractivity contribution in [1.29, 1.82) is 0 Å². The zero-order valence-electron chi connectivity index (χ0n) is 9.88. The van der Waals surface area contributed by atoms with Crippen LogP contribution < -0.4 is 4.74 Å². The van der Waals surface area contributed by atoms with E-state index in [4.69, 9.17) is 11.3 Å². The Bertz CT molecular complexity index is 609. The first kappa shape index (κ1) is 11.9. The van der Waals surface area contributed by atoms with Crippen molar-refractivity contribution in [2.24, 2.45) is 0 Å². The number of hydrogen-bond acceptors (Lipinski definition) is 2. The molecule has 0 spiro atoms. The predicted octanol–water partition coefficient (Wildman–Crippen LogP) is 4.15. The second kappa shape index (κ2) is 5.15. The molecule has 0 unspecified atom stereocenters. The van der Waals surface area contributed by atoms with Crippen molar-refractivity contribution in [3.8, 4) is 11.5 Å². The van der Waals surface area contributed by atoms with Crippen LogP contribution in [-0.4, -0.2) is 6.29 Å². The van der Waals surface area contributed by atoms with Gasteiger partial charge in [0.2, 0.25) is 0 Å². The van der Waals surface area contributed by atoms with E-state index in [1.165, 1.54) is 0 Å². The number of aldehydes is 1. The molecule has 3 nitrogen and oxygen atoms in total. The Morgan fingerprint density at radius 3 is 2.39 bits per heavy atom. The minimum atomic E-state index is 0.569. The molecule has 0 radical (unpaired) electrons. The summed E-state index contributed by atoms with van der Waals surface area (Å²) in [5.74, 6) is 1.25. The molecular weight excluding hydrogens is 226 g/mol. The maximum absolute atomic E-state index is 10.8. The molecule has 18 heavy (non-hydrogen) atoms. The van der Waals surface area contributed by atoms with Crippen molar-refractivity contribution >= 4 is 12.0 Å². The fourth-order valence-corrected chi connectivity index (χ4v) is 1.53. The number of aryl methyl sites for hydroxylation is 1. The van der Waals surface area contributed by atoms with Crippen LogP contribution >= 0.6 is 0 Å². The number of ether oxygens (including phenoxy) is 1. The van der Waals surface area contributed by atoms with Gasteiger partial charge in [0, 0.05) is 5.56 Å². The van der Waals surface area contributed by atoms with Gasteiger partial charge in [0.15, 0.2) is 5.69 Å². The molecule has 0 saturated carbocycles. The zero-order chi connectivity index (χ0) is 13.0. The van der Waals surface area contributed by atoms with Crippen LogP contribution in [0, 0.1) is 13.5 Å². The lowest BCUT2D eigenvalue weighted by molar-refractivity contribution is 0.112. The second-order valence-electron chi connectivity index (χ2n) is 3.84. The number of carbonyl (C=O) groups excluding carboxylic acids is 1. The Hall–Kier alpha value is -2.60. The van der Waals surface area contributed by atoms with E-state index in [0.717, 1.165) is 11.8 Å². The average molecular weight is 237 g/mol. The first-order chi connectivity index (χ1) is 8.72. The van der Waals surface area contributed by atoms with Crippen LogP contribution in [0.3, 0.4) is 0 Å². The maximum Gasteiger partial charge on any atom is 0.187 e. The van der Waals surface area contributed by atoms with Crippen molar-refractivity contribution in [2.75, 3.05) is 0 Å². The van der Waals surface area contributed by atoms with Crippen molar-refractivity contribution < 1.29 is 9.53 Å². The van der Waals surface area contributed by atoms with Crippen LogP contribution in [0.25, 0.3) is 4.85 Å². The molecule has 0 bridgehead atoms. The van der Waals surface area contributed by atoms with Crippen molar-refractivity contribution in [3.63, 3.8) is 0 Å². The van der Waals surface area contributed by atoms with Gasteiger partial charge < -0.3 is 4.74 Å². The van der Waals surface area contributed by atoms with E-state index in [1.54, 1.807) is 30.3 Å². The zero-order valence-corrected chi connectivity index (χ0v) is 9.88. The van der Waals surface area contributed by atoms with E-state index < -0.39 is 0 Å². The van der Waals surface area contributed by atoms with E-state index in [9.17, 15) is 4.79 Å². The van der Waals surface area contributed by atoms with E-state index >= 15 is 0 Å². The number of hydrogen-bond donors (Lipinski definition) is 0. The van der Waals surface area contributed by atoms with E-state index in [2.05, 4.69) is 4.85 Å². The van der Waals surface area contributed by atoms with E-state index in [-0.39, 0.29) is 0 Å². The highest BCUT2D eigenvalue weighted by atomic mass is 16.5. The van der Waals surface area contributed by atoms with Crippen LogP contribution in [0.1, 0.15) is 15.9 Å². The molecule has 0 aliphatic carbocycles. The van der Waals surface area contributed by atoms with Gasteiger partial charge in [-0.3, -0.25) is 4.79 Å².